The molecular formula is C20H19FN8O. The Morgan fingerprint density at radius 3 is 2.73 bits per heavy atom. The van der Waals surface area contributed by atoms with E-state index in [2.05, 4.69) is 36.1 Å². The molecule has 152 valence electrons. The molecule has 2 aromatic heterocycles. The van der Waals surface area contributed by atoms with Crippen molar-refractivity contribution in [3.63, 3.8) is 0 Å². The first kappa shape index (κ1) is 19.6. The maximum absolute atomic E-state index is 13.3. The summed E-state index contributed by atoms with van der Waals surface area (Å²) in [6.07, 6.45) is 2.84. The van der Waals surface area contributed by atoms with Gasteiger partial charge in [0, 0.05) is 31.3 Å². The van der Waals surface area contributed by atoms with Crippen LogP contribution in [0.15, 0.2) is 42.7 Å². The molecule has 1 aromatic carbocycles. The van der Waals surface area contributed by atoms with Crippen LogP contribution in [-0.2, 0) is 4.74 Å². The van der Waals surface area contributed by atoms with Gasteiger partial charge >= 0.3 is 0 Å². The predicted molar refractivity (Wildman–Crippen MR) is 109 cm³/mol. The van der Waals surface area contributed by atoms with Gasteiger partial charge in [-0.15, -0.1) is 10.2 Å². The highest BCUT2D eigenvalue weighted by Crippen LogP contribution is 2.28. The topological polar surface area (TPSA) is 121 Å². The molecule has 3 N–H and O–H groups in total. The molecule has 1 atom stereocenters. The van der Waals surface area contributed by atoms with Crippen LogP contribution in [0.5, 0.6) is 0 Å². The second-order valence-corrected chi connectivity index (χ2v) is 6.60. The monoisotopic (exact) mass is 406 g/mol. The highest BCUT2D eigenvalue weighted by Gasteiger charge is 2.16. The van der Waals surface area contributed by atoms with Crippen molar-refractivity contribution in [2.45, 2.75) is 6.10 Å². The summed E-state index contributed by atoms with van der Waals surface area (Å²) in [4.78, 5) is 8.11. The molecule has 1 aliphatic heterocycles. The van der Waals surface area contributed by atoms with Gasteiger partial charge in [-0.2, -0.15) is 5.26 Å². The second-order valence-electron chi connectivity index (χ2n) is 6.60. The van der Waals surface area contributed by atoms with Crippen molar-refractivity contribution in [3.05, 3.63) is 54.2 Å². The molecule has 1 unspecified atom stereocenters. The molecule has 0 bridgehead atoms. The Bertz CT molecular complexity index is 1030. The number of nitriles is 1. The average Bonchev–Trinajstić information content (AvgIpc) is 2.80. The minimum atomic E-state index is -0.319. The van der Waals surface area contributed by atoms with E-state index >= 15 is 0 Å². The third kappa shape index (κ3) is 4.83. The zero-order valence-corrected chi connectivity index (χ0v) is 16.0. The maximum Gasteiger partial charge on any atom is 0.158 e. The summed E-state index contributed by atoms with van der Waals surface area (Å²) in [7, 11) is 0. The number of ether oxygens (including phenoxy) is 1. The number of nitrogens with one attached hydrogen (secondary N) is 3. The number of hydrogen-bond acceptors (Lipinski definition) is 9. The van der Waals surface area contributed by atoms with E-state index in [4.69, 9.17) is 10.00 Å². The largest absolute Gasteiger partial charge is 0.380 e. The van der Waals surface area contributed by atoms with Crippen LogP contribution in [0, 0.1) is 17.1 Å². The van der Waals surface area contributed by atoms with Crippen LogP contribution in [0.2, 0.25) is 0 Å². The Kier molecular flexibility index (Phi) is 6.03. The van der Waals surface area contributed by atoms with E-state index in [1.165, 1.54) is 24.5 Å². The minimum Gasteiger partial charge on any atom is -0.380 e. The lowest BCUT2D eigenvalue weighted by Gasteiger charge is -2.24. The van der Waals surface area contributed by atoms with Crippen molar-refractivity contribution in [3.8, 4) is 17.3 Å². The molecule has 1 aliphatic rings. The van der Waals surface area contributed by atoms with E-state index < -0.39 is 0 Å². The number of halogens is 1. The summed E-state index contributed by atoms with van der Waals surface area (Å²) in [6, 6.07) is 9.79. The number of morpholine rings is 1. The standard InChI is InChI=1S/C20H19FN8O/c21-14-3-1-13(2-4-14)20-17(25-11-16-10-23-5-6-30-16)7-18(28-29-20)27-19-12-24-15(8-22)9-26-19/h1-4,7,9,12,16,23H,5-6,10-11H2,(H2,25,26,27,28). The van der Waals surface area contributed by atoms with Crippen molar-refractivity contribution in [2.75, 3.05) is 36.9 Å². The molecule has 3 aromatic rings. The predicted octanol–water partition coefficient (Wildman–Crippen LogP) is 2.09. The quantitative estimate of drug-likeness (QED) is 0.565. The lowest BCUT2D eigenvalue weighted by Crippen LogP contribution is -2.42. The van der Waals surface area contributed by atoms with Gasteiger partial charge in [-0.05, 0) is 24.3 Å². The highest BCUT2D eigenvalue weighted by molar-refractivity contribution is 5.76. The van der Waals surface area contributed by atoms with Crippen molar-refractivity contribution in [2.24, 2.45) is 0 Å². The third-order valence-corrected chi connectivity index (χ3v) is 4.46. The Morgan fingerprint density at radius 2 is 2.03 bits per heavy atom. The number of anilines is 3. The number of hydrogen-bond donors (Lipinski definition) is 3. The van der Waals surface area contributed by atoms with Gasteiger partial charge in [0.1, 0.15) is 23.4 Å². The number of benzene rings is 1. The van der Waals surface area contributed by atoms with E-state index in [1.54, 1.807) is 18.2 Å². The molecular weight excluding hydrogens is 387 g/mol. The smallest absolute Gasteiger partial charge is 0.158 e. The molecule has 0 amide bonds. The van der Waals surface area contributed by atoms with Crippen molar-refractivity contribution in [1.29, 1.82) is 5.26 Å². The van der Waals surface area contributed by atoms with Gasteiger partial charge in [0.25, 0.3) is 0 Å². The van der Waals surface area contributed by atoms with Gasteiger partial charge in [0.05, 0.1) is 30.8 Å². The first-order valence-electron chi connectivity index (χ1n) is 9.40. The Hall–Kier alpha value is -3.68. The van der Waals surface area contributed by atoms with Crippen LogP contribution in [-0.4, -0.2) is 52.5 Å². The fraction of sp³-hybridized carbons (Fsp3) is 0.250. The molecule has 0 radical (unpaired) electrons. The van der Waals surface area contributed by atoms with Crippen LogP contribution in [0.25, 0.3) is 11.3 Å². The summed E-state index contributed by atoms with van der Waals surface area (Å²) in [5.41, 5.74) is 2.27. The molecule has 0 aliphatic carbocycles. The summed E-state index contributed by atoms with van der Waals surface area (Å²) in [5, 5.41) is 27.0. The highest BCUT2D eigenvalue weighted by atomic mass is 19.1. The van der Waals surface area contributed by atoms with E-state index in [0.717, 1.165) is 24.3 Å². The number of aromatic nitrogens is 4. The van der Waals surface area contributed by atoms with E-state index in [0.29, 0.717) is 30.5 Å². The molecule has 0 saturated carbocycles. The molecule has 0 spiro atoms. The molecule has 30 heavy (non-hydrogen) atoms. The molecule has 1 saturated heterocycles. The zero-order valence-electron chi connectivity index (χ0n) is 16.0. The fourth-order valence-corrected chi connectivity index (χ4v) is 2.96. The van der Waals surface area contributed by atoms with Crippen LogP contribution in [0.1, 0.15) is 5.69 Å². The molecule has 3 heterocycles. The fourth-order valence-electron chi connectivity index (χ4n) is 2.96. The first-order chi connectivity index (χ1) is 14.7. The Labute approximate surface area is 172 Å². The van der Waals surface area contributed by atoms with Gasteiger partial charge in [-0.25, -0.2) is 14.4 Å². The van der Waals surface area contributed by atoms with Crippen LogP contribution < -0.4 is 16.0 Å². The summed E-state index contributed by atoms with van der Waals surface area (Å²) in [5.74, 6) is 0.564. The van der Waals surface area contributed by atoms with E-state index in [-0.39, 0.29) is 17.6 Å². The lowest BCUT2D eigenvalue weighted by atomic mass is 10.1. The Balaban J connectivity index is 1.58. The third-order valence-electron chi connectivity index (χ3n) is 4.46. The Morgan fingerprint density at radius 1 is 1.17 bits per heavy atom. The van der Waals surface area contributed by atoms with Gasteiger partial charge in [0.2, 0.25) is 0 Å². The average molecular weight is 406 g/mol. The second kappa shape index (κ2) is 9.21. The van der Waals surface area contributed by atoms with Gasteiger partial charge < -0.3 is 20.7 Å². The first-order valence-corrected chi connectivity index (χ1v) is 9.40. The molecule has 9 nitrogen and oxygen atoms in total. The van der Waals surface area contributed by atoms with Crippen LogP contribution in [0.3, 0.4) is 0 Å². The minimum absolute atomic E-state index is 0.0220. The molecule has 1 fully saturated rings. The van der Waals surface area contributed by atoms with Crippen molar-refractivity contribution < 1.29 is 9.13 Å². The number of rotatable bonds is 6. The molecule has 4 rings (SSSR count). The van der Waals surface area contributed by atoms with E-state index in [9.17, 15) is 4.39 Å². The normalized spacial score (nSPS) is 15.9. The summed E-state index contributed by atoms with van der Waals surface area (Å²) >= 11 is 0. The number of nitrogens with zero attached hydrogens (tertiary/aromatic N) is 5. The van der Waals surface area contributed by atoms with Crippen molar-refractivity contribution >= 4 is 17.3 Å². The maximum atomic E-state index is 13.3. The summed E-state index contributed by atoms with van der Waals surface area (Å²) < 4.78 is 19.1. The summed E-state index contributed by atoms with van der Waals surface area (Å²) in [6.45, 7) is 2.83. The van der Waals surface area contributed by atoms with Gasteiger partial charge in [0.15, 0.2) is 11.5 Å². The van der Waals surface area contributed by atoms with Crippen molar-refractivity contribution in [1.82, 2.24) is 25.5 Å². The zero-order chi connectivity index (χ0) is 20.8. The lowest BCUT2D eigenvalue weighted by molar-refractivity contribution is 0.0372. The van der Waals surface area contributed by atoms with Crippen LogP contribution >= 0.6 is 0 Å². The van der Waals surface area contributed by atoms with Gasteiger partial charge in [-0.3, -0.25) is 0 Å². The van der Waals surface area contributed by atoms with E-state index in [1.807, 2.05) is 6.07 Å². The van der Waals surface area contributed by atoms with Crippen LogP contribution in [0.4, 0.5) is 21.7 Å². The molecule has 10 heteroatoms. The SMILES string of the molecule is N#Cc1cnc(Nc2cc(NCC3CNCCO3)c(-c3ccc(F)cc3)nn2)cn1. The van der Waals surface area contributed by atoms with Gasteiger partial charge in [-0.1, -0.05) is 0 Å².